The molecule has 6 heteroatoms. The second-order valence-corrected chi connectivity index (χ2v) is 7.91. The average Bonchev–Trinajstić information content (AvgIpc) is 3.31. The third-order valence-corrected chi connectivity index (χ3v) is 5.93. The Bertz CT molecular complexity index is 640. The van der Waals surface area contributed by atoms with Crippen LogP contribution in [0, 0.1) is 5.92 Å². The van der Waals surface area contributed by atoms with E-state index in [9.17, 15) is 0 Å². The van der Waals surface area contributed by atoms with Gasteiger partial charge in [0.15, 0.2) is 0 Å². The molecule has 0 radical (unpaired) electrons. The molecule has 5 nitrogen and oxygen atoms in total. The lowest BCUT2D eigenvalue weighted by atomic mass is 10.1. The summed E-state index contributed by atoms with van der Waals surface area (Å²) in [6, 6.07) is 4.27. The lowest BCUT2D eigenvalue weighted by Crippen LogP contribution is -2.47. The Morgan fingerprint density at radius 1 is 1.25 bits per heavy atom. The summed E-state index contributed by atoms with van der Waals surface area (Å²) in [5.41, 5.74) is 2.50. The zero-order chi connectivity index (χ0) is 16.4. The molecule has 2 aromatic rings. The fourth-order valence-electron chi connectivity index (χ4n) is 3.74. The van der Waals surface area contributed by atoms with Gasteiger partial charge in [-0.25, -0.2) is 0 Å². The van der Waals surface area contributed by atoms with E-state index in [1.807, 2.05) is 11.7 Å². The minimum Gasteiger partial charge on any atom is -0.381 e. The van der Waals surface area contributed by atoms with Crippen LogP contribution in [0.4, 0.5) is 0 Å². The molecule has 2 aliphatic heterocycles. The minimum absolute atomic E-state index is 0.750. The number of nitrogens with zero attached hydrogens (tertiary/aromatic N) is 4. The van der Waals surface area contributed by atoms with Crippen LogP contribution >= 0.6 is 11.3 Å². The Kier molecular flexibility index (Phi) is 4.98. The highest BCUT2D eigenvalue weighted by atomic mass is 32.1. The standard InChI is InChI=1S/C18H26N4OS/c1-20-12-16(18(19-20)17-3-2-10-24-17)13-22-7-5-21(6-8-22)11-15-4-9-23-14-15/h2-3,10,12,15H,4-9,11,13-14H2,1H3. The van der Waals surface area contributed by atoms with Crippen molar-refractivity contribution < 1.29 is 4.74 Å². The van der Waals surface area contributed by atoms with E-state index in [-0.39, 0.29) is 0 Å². The molecule has 4 heterocycles. The number of rotatable bonds is 5. The molecule has 0 spiro atoms. The summed E-state index contributed by atoms with van der Waals surface area (Å²) in [7, 11) is 2.02. The minimum atomic E-state index is 0.750. The van der Waals surface area contributed by atoms with Crippen LogP contribution in [0.2, 0.25) is 0 Å². The largest absolute Gasteiger partial charge is 0.381 e. The maximum atomic E-state index is 5.50. The number of hydrogen-bond donors (Lipinski definition) is 0. The van der Waals surface area contributed by atoms with E-state index in [1.165, 1.54) is 36.5 Å². The molecular weight excluding hydrogens is 320 g/mol. The molecule has 0 aliphatic carbocycles. The number of aryl methyl sites for hydroxylation is 1. The molecule has 130 valence electrons. The lowest BCUT2D eigenvalue weighted by molar-refractivity contribution is 0.107. The van der Waals surface area contributed by atoms with Crippen molar-refractivity contribution in [3.05, 3.63) is 29.3 Å². The van der Waals surface area contributed by atoms with E-state index >= 15 is 0 Å². The Hall–Kier alpha value is -1.21. The van der Waals surface area contributed by atoms with Gasteiger partial charge in [0.1, 0.15) is 5.69 Å². The second-order valence-electron chi connectivity index (χ2n) is 6.96. The van der Waals surface area contributed by atoms with E-state index in [0.29, 0.717) is 0 Å². The van der Waals surface area contributed by atoms with E-state index in [0.717, 1.165) is 44.5 Å². The molecule has 0 aromatic carbocycles. The Labute approximate surface area is 147 Å². The molecular formula is C18H26N4OS. The van der Waals surface area contributed by atoms with Gasteiger partial charge in [-0.15, -0.1) is 11.3 Å². The van der Waals surface area contributed by atoms with Crippen LogP contribution in [0.25, 0.3) is 10.6 Å². The summed E-state index contributed by atoms with van der Waals surface area (Å²) in [5, 5.41) is 6.80. The molecule has 0 amide bonds. The van der Waals surface area contributed by atoms with Crippen molar-refractivity contribution in [2.45, 2.75) is 13.0 Å². The van der Waals surface area contributed by atoms with Crippen molar-refractivity contribution in [3.63, 3.8) is 0 Å². The summed E-state index contributed by atoms with van der Waals surface area (Å²) in [5.74, 6) is 0.750. The van der Waals surface area contributed by atoms with E-state index in [1.54, 1.807) is 11.3 Å². The molecule has 2 aliphatic rings. The SMILES string of the molecule is Cn1cc(CN2CCN(CC3CCOC3)CC2)c(-c2cccs2)n1. The maximum absolute atomic E-state index is 5.50. The van der Waals surface area contributed by atoms with Gasteiger partial charge in [-0.1, -0.05) is 6.07 Å². The number of piperazine rings is 1. The Morgan fingerprint density at radius 2 is 2.08 bits per heavy atom. The van der Waals surface area contributed by atoms with Gasteiger partial charge in [0.25, 0.3) is 0 Å². The zero-order valence-corrected chi connectivity index (χ0v) is 15.2. The van der Waals surface area contributed by atoms with Crippen LogP contribution < -0.4 is 0 Å². The molecule has 2 saturated heterocycles. The first-order chi connectivity index (χ1) is 11.8. The van der Waals surface area contributed by atoms with Gasteiger partial charge in [0.2, 0.25) is 0 Å². The second kappa shape index (κ2) is 7.35. The maximum Gasteiger partial charge on any atom is 0.107 e. The summed E-state index contributed by atoms with van der Waals surface area (Å²) >= 11 is 1.77. The smallest absolute Gasteiger partial charge is 0.107 e. The van der Waals surface area contributed by atoms with Crippen molar-refractivity contribution in [2.24, 2.45) is 13.0 Å². The van der Waals surface area contributed by atoms with E-state index < -0.39 is 0 Å². The Morgan fingerprint density at radius 3 is 2.79 bits per heavy atom. The van der Waals surface area contributed by atoms with Crippen LogP contribution in [0.1, 0.15) is 12.0 Å². The van der Waals surface area contributed by atoms with Crippen molar-refractivity contribution >= 4 is 11.3 Å². The summed E-state index contributed by atoms with van der Waals surface area (Å²) < 4.78 is 7.45. The first-order valence-electron chi connectivity index (χ1n) is 8.87. The average molecular weight is 346 g/mol. The van der Waals surface area contributed by atoms with Crippen LogP contribution in [0.3, 0.4) is 0 Å². The first kappa shape index (κ1) is 16.3. The highest BCUT2D eigenvalue weighted by Gasteiger charge is 2.23. The molecule has 1 unspecified atom stereocenters. The predicted octanol–water partition coefficient (Wildman–Crippen LogP) is 2.30. The monoisotopic (exact) mass is 346 g/mol. The molecule has 2 fully saturated rings. The summed E-state index contributed by atoms with van der Waals surface area (Å²) in [4.78, 5) is 6.44. The van der Waals surface area contributed by atoms with Gasteiger partial charge in [-0.05, 0) is 23.8 Å². The highest BCUT2D eigenvalue weighted by Crippen LogP contribution is 2.27. The van der Waals surface area contributed by atoms with Crippen LogP contribution in [0.5, 0.6) is 0 Å². The fraction of sp³-hybridized carbons (Fsp3) is 0.611. The fourth-order valence-corrected chi connectivity index (χ4v) is 4.48. The van der Waals surface area contributed by atoms with Crippen molar-refractivity contribution in [3.8, 4) is 10.6 Å². The van der Waals surface area contributed by atoms with Gasteiger partial charge in [0.05, 0.1) is 11.5 Å². The van der Waals surface area contributed by atoms with Crippen molar-refractivity contribution in [2.75, 3.05) is 45.9 Å². The van der Waals surface area contributed by atoms with Crippen LogP contribution in [0.15, 0.2) is 23.7 Å². The van der Waals surface area contributed by atoms with Crippen LogP contribution in [-0.2, 0) is 18.3 Å². The van der Waals surface area contributed by atoms with Gasteiger partial charge >= 0.3 is 0 Å². The number of ether oxygens (including phenoxy) is 1. The normalized spacial score (nSPS) is 23.1. The molecule has 4 rings (SSSR count). The summed E-state index contributed by atoms with van der Waals surface area (Å²) in [6.07, 6.45) is 3.41. The van der Waals surface area contributed by atoms with E-state index in [4.69, 9.17) is 4.74 Å². The summed E-state index contributed by atoms with van der Waals surface area (Å²) in [6.45, 7) is 8.76. The third-order valence-electron chi connectivity index (χ3n) is 5.06. The Balaban J connectivity index is 1.34. The van der Waals surface area contributed by atoms with Crippen LogP contribution in [-0.4, -0.2) is 65.5 Å². The van der Waals surface area contributed by atoms with Gasteiger partial charge in [-0.2, -0.15) is 5.10 Å². The quantitative estimate of drug-likeness (QED) is 0.832. The van der Waals surface area contributed by atoms with Crippen molar-refractivity contribution in [1.29, 1.82) is 0 Å². The topological polar surface area (TPSA) is 33.5 Å². The molecule has 1 atom stereocenters. The number of aromatic nitrogens is 2. The molecule has 0 N–H and O–H groups in total. The first-order valence-corrected chi connectivity index (χ1v) is 9.75. The zero-order valence-electron chi connectivity index (χ0n) is 14.4. The molecule has 2 aromatic heterocycles. The highest BCUT2D eigenvalue weighted by molar-refractivity contribution is 7.13. The molecule has 0 saturated carbocycles. The van der Waals surface area contributed by atoms with Gasteiger partial charge < -0.3 is 9.64 Å². The number of hydrogen-bond acceptors (Lipinski definition) is 5. The van der Waals surface area contributed by atoms with E-state index in [2.05, 4.69) is 38.6 Å². The van der Waals surface area contributed by atoms with Gasteiger partial charge in [-0.3, -0.25) is 9.58 Å². The van der Waals surface area contributed by atoms with Crippen molar-refractivity contribution in [1.82, 2.24) is 19.6 Å². The molecule has 24 heavy (non-hydrogen) atoms. The third kappa shape index (κ3) is 3.72. The lowest BCUT2D eigenvalue weighted by Gasteiger charge is -2.35. The number of thiophene rings is 1. The predicted molar refractivity (Wildman–Crippen MR) is 97.2 cm³/mol. The molecule has 0 bridgehead atoms. The van der Waals surface area contributed by atoms with Gasteiger partial charge in [0, 0.05) is 64.7 Å².